The van der Waals surface area contributed by atoms with Crippen molar-refractivity contribution in [2.75, 3.05) is 0 Å². The van der Waals surface area contributed by atoms with Gasteiger partial charge in [-0.2, -0.15) is 0 Å². The molecule has 0 N–H and O–H groups in total. The normalized spacial score (nSPS) is 24.6. The summed E-state index contributed by atoms with van der Waals surface area (Å²) in [5.41, 5.74) is 8.49. The zero-order valence-electron chi connectivity index (χ0n) is 14.8. The first kappa shape index (κ1) is 15.3. The van der Waals surface area contributed by atoms with Gasteiger partial charge in [-0.15, -0.1) is 11.8 Å². The first-order valence-electron chi connectivity index (χ1n) is 9.42. The van der Waals surface area contributed by atoms with Crippen molar-refractivity contribution < 1.29 is 0 Å². The SMILES string of the molecule is C1=CC23SC(c4ccccc4)=CC2=C(c2ccccc2)C1c1ccccc13. The summed E-state index contributed by atoms with van der Waals surface area (Å²) < 4.78 is -0.0955. The summed E-state index contributed by atoms with van der Waals surface area (Å²) in [6.45, 7) is 0. The van der Waals surface area contributed by atoms with Gasteiger partial charge in [-0.1, -0.05) is 97.1 Å². The van der Waals surface area contributed by atoms with Gasteiger partial charge in [0, 0.05) is 10.8 Å². The van der Waals surface area contributed by atoms with Crippen LogP contribution < -0.4 is 0 Å². The van der Waals surface area contributed by atoms with Crippen LogP contribution in [0.5, 0.6) is 0 Å². The molecule has 2 bridgehead atoms. The highest BCUT2D eigenvalue weighted by atomic mass is 32.2. The molecule has 2 atom stereocenters. The standard InChI is InChI=1S/C26H18S/c1-3-9-18(10-4-1)24-17-23-25(19-11-5-2-6-12-19)21-15-16-26(23,27-24)22-14-8-7-13-20(21)22/h1-17,21H. The summed E-state index contributed by atoms with van der Waals surface area (Å²) in [7, 11) is 0. The third-order valence-electron chi connectivity index (χ3n) is 5.91. The van der Waals surface area contributed by atoms with Crippen LogP contribution in [-0.2, 0) is 4.75 Å². The third kappa shape index (κ3) is 2.06. The van der Waals surface area contributed by atoms with E-state index >= 15 is 0 Å². The van der Waals surface area contributed by atoms with Crippen molar-refractivity contribution in [2.45, 2.75) is 10.7 Å². The summed E-state index contributed by atoms with van der Waals surface area (Å²) in [5, 5.41) is 0. The Morgan fingerprint density at radius 2 is 1.37 bits per heavy atom. The highest BCUT2D eigenvalue weighted by Crippen LogP contribution is 2.66. The zero-order chi connectivity index (χ0) is 17.8. The van der Waals surface area contributed by atoms with Crippen LogP contribution in [0.3, 0.4) is 0 Å². The Morgan fingerprint density at radius 1 is 0.704 bits per heavy atom. The smallest absolute Gasteiger partial charge is 0.0892 e. The topological polar surface area (TPSA) is 0 Å². The van der Waals surface area contributed by atoms with Gasteiger partial charge in [0.2, 0.25) is 0 Å². The van der Waals surface area contributed by atoms with Crippen molar-refractivity contribution in [3.05, 3.63) is 131 Å². The average Bonchev–Trinajstić information content (AvgIpc) is 3.16. The number of thioether (sulfide) groups is 1. The van der Waals surface area contributed by atoms with E-state index < -0.39 is 0 Å². The highest BCUT2D eigenvalue weighted by Gasteiger charge is 2.50. The Kier molecular flexibility index (Phi) is 3.18. The van der Waals surface area contributed by atoms with E-state index in [9.17, 15) is 0 Å². The second kappa shape index (κ2) is 5.61. The predicted octanol–water partition coefficient (Wildman–Crippen LogP) is 6.79. The van der Waals surface area contributed by atoms with E-state index in [2.05, 4.69) is 103 Å². The molecule has 1 aliphatic heterocycles. The molecule has 0 aromatic heterocycles. The summed E-state index contributed by atoms with van der Waals surface area (Å²) in [6, 6.07) is 30.7. The molecule has 1 heteroatoms. The summed E-state index contributed by atoms with van der Waals surface area (Å²) in [6.07, 6.45) is 7.30. The maximum atomic E-state index is 2.44. The number of allylic oxidation sites excluding steroid dienone is 3. The Hall–Kier alpha value is -2.77. The summed E-state index contributed by atoms with van der Waals surface area (Å²) in [5.74, 6) is 0.340. The van der Waals surface area contributed by atoms with E-state index in [0.717, 1.165) is 0 Å². The second-order valence-electron chi connectivity index (χ2n) is 7.33. The van der Waals surface area contributed by atoms with Crippen LogP contribution in [-0.4, -0.2) is 0 Å². The predicted molar refractivity (Wildman–Crippen MR) is 115 cm³/mol. The van der Waals surface area contributed by atoms with E-state index in [4.69, 9.17) is 0 Å². The van der Waals surface area contributed by atoms with Crippen LogP contribution in [0.4, 0.5) is 0 Å². The van der Waals surface area contributed by atoms with Gasteiger partial charge in [0.15, 0.2) is 0 Å². The van der Waals surface area contributed by atoms with E-state index in [-0.39, 0.29) is 4.75 Å². The fourth-order valence-electron chi connectivity index (χ4n) is 4.75. The molecular formula is C26H18S. The number of benzene rings is 3. The molecular weight excluding hydrogens is 344 g/mol. The lowest BCUT2D eigenvalue weighted by Gasteiger charge is -2.43. The molecule has 7 rings (SSSR count). The van der Waals surface area contributed by atoms with Gasteiger partial charge < -0.3 is 0 Å². The minimum absolute atomic E-state index is 0.0955. The first-order chi connectivity index (χ1) is 13.4. The lowest BCUT2D eigenvalue weighted by Crippen LogP contribution is -2.31. The molecule has 0 fully saturated rings. The lowest BCUT2D eigenvalue weighted by molar-refractivity contribution is 0.821. The molecule has 3 aliphatic carbocycles. The van der Waals surface area contributed by atoms with Crippen LogP contribution in [0.2, 0.25) is 0 Å². The summed E-state index contributed by atoms with van der Waals surface area (Å²) in [4.78, 5) is 1.36. The summed E-state index contributed by atoms with van der Waals surface area (Å²) >= 11 is 1.99. The molecule has 3 aromatic rings. The molecule has 4 aliphatic rings. The highest BCUT2D eigenvalue weighted by molar-refractivity contribution is 8.09. The molecule has 3 aromatic carbocycles. The second-order valence-corrected chi connectivity index (χ2v) is 8.62. The third-order valence-corrected chi connectivity index (χ3v) is 7.38. The van der Waals surface area contributed by atoms with Gasteiger partial charge >= 0.3 is 0 Å². The van der Waals surface area contributed by atoms with E-state index in [1.54, 1.807) is 0 Å². The van der Waals surface area contributed by atoms with Gasteiger partial charge in [0.05, 0.1) is 4.75 Å². The van der Waals surface area contributed by atoms with E-state index in [1.807, 2.05) is 11.8 Å². The van der Waals surface area contributed by atoms with Crippen LogP contribution in [0, 0.1) is 0 Å². The molecule has 0 radical (unpaired) electrons. The van der Waals surface area contributed by atoms with Gasteiger partial charge in [-0.25, -0.2) is 0 Å². The number of hydrogen-bond acceptors (Lipinski definition) is 1. The van der Waals surface area contributed by atoms with Gasteiger partial charge in [-0.3, -0.25) is 0 Å². The molecule has 27 heavy (non-hydrogen) atoms. The maximum Gasteiger partial charge on any atom is 0.0892 e. The minimum Gasteiger partial charge on any atom is -0.105 e. The minimum atomic E-state index is -0.0955. The van der Waals surface area contributed by atoms with Crippen molar-refractivity contribution >= 4 is 22.2 Å². The Morgan fingerprint density at radius 3 is 2.15 bits per heavy atom. The van der Waals surface area contributed by atoms with Crippen LogP contribution >= 0.6 is 11.8 Å². The van der Waals surface area contributed by atoms with Gasteiger partial charge in [0.25, 0.3) is 0 Å². The van der Waals surface area contributed by atoms with Crippen molar-refractivity contribution in [1.82, 2.24) is 0 Å². The molecule has 0 nitrogen and oxygen atoms in total. The fourth-order valence-corrected chi connectivity index (χ4v) is 6.25. The zero-order valence-corrected chi connectivity index (χ0v) is 15.6. The van der Waals surface area contributed by atoms with E-state index in [1.165, 1.54) is 38.3 Å². The lowest BCUT2D eigenvalue weighted by atomic mass is 9.65. The largest absolute Gasteiger partial charge is 0.105 e. The fraction of sp³-hybridized carbons (Fsp3) is 0.0769. The maximum absolute atomic E-state index is 2.44. The molecule has 1 spiro atoms. The molecule has 0 saturated carbocycles. The first-order valence-corrected chi connectivity index (χ1v) is 10.2. The molecule has 128 valence electrons. The molecule has 0 saturated heterocycles. The molecule has 0 amide bonds. The monoisotopic (exact) mass is 362 g/mol. The Balaban J connectivity index is 1.64. The quantitative estimate of drug-likeness (QED) is 0.452. The van der Waals surface area contributed by atoms with Gasteiger partial charge in [-0.05, 0) is 39.5 Å². The van der Waals surface area contributed by atoms with Crippen LogP contribution in [0.15, 0.2) is 109 Å². The van der Waals surface area contributed by atoms with E-state index in [0.29, 0.717) is 5.92 Å². The van der Waals surface area contributed by atoms with Crippen molar-refractivity contribution in [3.8, 4) is 0 Å². The average molecular weight is 362 g/mol. The van der Waals surface area contributed by atoms with Crippen LogP contribution in [0.25, 0.3) is 10.5 Å². The van der Waals surface area contributed by atoms with Gasteiger partial charge in [0.1, 0.15) is 0 Å². The van der Waals surface area contributed by atoms with Crippen molar-refractivity contribution in [2.24, 2.45) is 0 Å². The molecule has 2 unspecified atom stereocenters. The van der Waals surface area contributed by atoms with Crippen molar-refractivity contribution in [3.63, 3.8) is 0 Å². The number of rotatable bonds is 2. The Bertz CT molecular complexity index is 1140. The molecule has 1 heterocycles. The van der Waals surface area contributed by atoms with Crippen molar-refractivity contribution in [1.29, 1.82) is 0 Å². The Labute approximate surface area is 164 Å². The number of hydrogen-bond donors (Lipinski definition) is 0. The van der Waals surface area contributed by atoms with Crippen LogP contribution in [0.1, 0.15) is 28.2 Å².